The van der Waals surface area contributed by atoms with Crippen LogP contribution in [0.25, 0.3) is 0 Å². The Labute approximate surface area is 179 Å². The second-order valence-corrected chi connectivity index (χ2v) is 8.60. The van der Waals surface area contributed by atoms with E-state index in [9.17, 15) is 9.59 Å². The molecule has 164 valence electrons. The van der Waals surface area contributed by atoms with Crippen molar-refractivity contribution in [2.45, 2.75) is 38.1 Å². The lowest BCUT2D eigenvalue weighted by atomic mass is 10.0. The molecule has 0 aliphatic carbocycles. The monoisotopic (exact) mass is 414 g/mol. The van der Waals surface area contributed by atoms with Crippen LogP contribution in [0, 0.1) is 0 Å². The third kappa shape index (κ3) is 4.72. The summed E-state index contributed by atoms with van der Waals surface area (Å²) in [7, 11) is 1.72. The molecular formula is C23H34N4O3. The SMILES string of the molecule is COc1ccccc1N1CCN(C2CCCN(C(=O)CN3CCCCC3=O)C2)CC1. The zero-order chi connectivity index (χ0) is 20.9. The minimum atomic E-state index is 0.114. The van der Waals surface area contributed by atoms with Crippen LogP contribution in [0.2, 0.25) is 0 Å². The number of likely N-dealkylation sites (tertiary alicyclic amines) is 2. The van der Waals surface area contributed by atoms with Crippen molar-refractivity contribution in [1.29, 1.82) is 0 Å². The summed E-state index contributed by atoms with van der Waals surface area (Å²) in [4.78, 5) is 33.6. The Bertz CT molecular complexity index is 748. The number of anilines is 1. The molecule has 3 aliphatic rings. The first-order valence-corrected chi connectivity index (χ1v) is 11.3. The van der Waals surface area contributed by atoms with Crippen molar-refractivity contribution in [3.8, 4) is 5.75 Å². The normalized spacial score (nSPS) is 23.6. The van der Waals surface area contributed by atoms with E-state index in [0.717, 1.165) is 82.9 Å². The van der Waals surface area contributed by atoms with Crippen LogP contribution in [0.15, 0.2) is 24.3 Å². The van der Waals surface area contributed by atoms with Gasteiger partial charge in [0.1, 0.15) is 5.75 Å². The average molecular weight is 415 g/mol. The maximum atomic E-state index is 12.8. The predicted molar refractivity (Wildman–Crippen MR) is 117 cm³/mol. The van der Waals surface area contributed by atoms with Crippen LogP contribution in [0.1, 0.15) is 32.1 Å². The summed E-state index contributed by atoms with van der Waals surface area (Å²) in [6, 6.07) is 8.61. The minimum Gasteiger partial charge on any atom is -0.495 e. The number of rotatable bonds is 5. The largest absolute Gasteiger partial charge is 0.495 e. The molecule has 0 saturated carbocycles. The molecular weight excluding hydrogens is 380 g/mol. The van der Waals surface area contributed by atoms with Gasteiger partial charge in [0.2, 0.25) is 11.8 Å². The fourth-order valence-electron chi connectivity index (χ4n) is 4.99. The van der Waals surface area contributed by atoms with Crippen molar-refractivity contribution in [3.05, 3.63) is 24.3 Å². The van der Waals surface area contributed by atoms with E-state index in [2.05, 4.69) is 21.9 Å². The van der Waals surface area contributed by atoms with Crippen molar-refractivity contribution >= 4 is 17.5 Å². The van der Waals surface area contributed by atoms with Gasteiger partial charge in [0.25, 0.3) is 0 Å². The summed E-state index contributed by atoms with van der Waals surface area (Å²) in [6.45, 7) is 6.51. The van der Waals surface area contributed by atoms with Crippen molar-refractivity contribution < 1.29 is 14.3 Å². The lowest BCUT2D eigenvalue weighted by molar-refractivity contribution is -0.143. The molecule has 1 unspecified atom stereocenters. The molecule has 3 heterocycles. The molecule has 0 bridgehead atoms. The molecule has 30 heavy (non-hydrogen) atoms. The molecule has 7 nitrogen and oxygen atoms in total. The van der Waals surface area contributed by atoms with E-state index in [4.69, 9.17) is 4.74 Å². The van der Waals surface area contributed by atoms with Gasteiger partial charge in [0.15, 0.2) is 0 Å². The minimum absolute atomic E-state index is 0.114. The van der Waals surface area contributed by atoms with Crippen molar-refractivity contribution in [3.63, 3.8) is 0 Å². The number of para-hydroxylation sites is 2. The Balaban J connectivity index is 1.30. The average Bonchev–Trinajstić information content (AvgIpc) is 2.80. The second-order valence-electron chi connectivity index (χ2n) is 8.60. The molecule has 0 N–H and O–H groups in total. The Kier molecular flexibility index (Phi) is 6.77. The van der Waals surface area contributed by atoms with Gasteiger partial charge in [-0.25, -0.2) is 0 Å². The van der Waals surface area contributed by atoms with Crippen molar-refractivity contribution in [2.75, 3.05) is 64.4 Å². The number of benzene rings is 1. The first-order valence-electron chi connectivity index (χ1n) is 11.3. The molecule has 3 fully saturated rings. The first-order chi connectivity index (χ1) is 14.7. The Morgan fingerprint density at radius 3 is 2.60 bits per heavy atom. The van der Waals surface area contributed by atoms with Gasteiger partial charge in [-0.1, -0.05) is 12.1 Å². The number of nitrogens with zero attached hydrogens (tertiary/aromatic N) is 4. The standard InChI is InChI=1S/C23H34N4O3/c1-30-21-9-3-2-8-20(21)25-15-13-24(14-16-25)19-7-6-12-26(17-19)23(29)18-27-11-5-4-10-22(27)28/h2-3,8-9,19H,4-7,10-18H2,1H3. The molecule has 1 aromatic rings. The van der Waals surface area contributed by atoms with Crippen LogP contribution in [-0.4, -0.2) is 92.0 Å². The van der Waals surface area contributed by atoms with Crippen LogP contribution in [0.4, 0.5) is 5.69 Å². The van der Waals surface area contributed by atoms with Gasteiger partial charge >= 0.3 is 0 Å². The summed E-state index contributed by atoms with van der Waals surface area (Å²) in [6.07, 6.45) is 4.73. The number of hydrogen-bond acceptors (Lipinski definition) is 5. The fourth-order valence-corrected chi connectivity index (χ4v) is 4.99. The van der Waals surface area contributed by atoms with Crippen molar-refractivity contribution in [1.82, 2.24) is 14.7 Å². The molecule has 0 aromatic heterocycles. The molecule has 7 heteroatoms. The number of hydrogen-bond donors (Lipinski definition) is 0. The summed E-state index contributed by atoms with van der Waals surface area (Å²) < 4.78 is 5.52. The van der Waals surface area contributed by atoms with Crippen LogP contribution in [0.5, 0.6) is 5.75 Å². The predicted octanol–water partition coefficient (Wildman–Crippen LogP) is 1.82. The van der Waals surface area contributed by atoms with Crippen LogP contribution in [-0.2, 0) is 9.59 Å². The molecule has 1 atom stereocenters. The van der Waals surface area contributed by atoms with E-state index in [1.165, 1.54) is 0 Å². The second kappa shape index (κ2) is 9.69. The van der Waals surface area contributed by atoms with E-state index < -0.39 is 0 Å². The first kappa shape index (κ1) is 21.0. The van der Waals surface area contributed by atoms with E-state index in [1.807, 2.05) is 17.0 Å². The van der Waals surface area contributed by atoms with Gasteiger partial charge in [0.05, 0.1) is 19.3 Å². The zero-order valence-electron chi connectivity index (χ0n) is 18.1. The summed E-state index contributed by atoms with van der Waals surface area (Å²) >= 11 is 0. The number of carbonyl (C=O) groups excluding carboxylic acids is 2. The number of piperazine rings is 1. The summed E-state index contributed by atoms with van der Waals surface area (Å²) in [5.41, 5.74) is 1.16. The molecule has 2 amide bonds. The van der Waals surface area contributed by atoms with Crippen LogP contribution in [0.3, 0.4) is 0 Å². The smallest absolute Gasteiger partial charge is 0.242 e. The van der Waals surface area contributed by atoms with Gasteiger partial charge < -0.3 is 19.4 Å². The molecule has 0 spiro atoms. The number of ether oxygens (including phenoxy) is 1. The maximum absolute atomic E-state index is 12.8. The number of piperidine rings is 2. The third-order valence-corrected chi connectivity index (χ3v) is 6.75. The van der Waals surface area contributed by atoms with Gasteiger partial charge in [0, 0.05) is 58.3 Å². The molecule has 4 rings (SSSR count). The van der Waals surface area contributed by atoms with E-state index in [1.54, 1.807) is 12.0 Å². The highest BCUT2D eigenvalue weighted by molar-refractivity contribution is 5.85. The van der Waals surface area contributed by atoms with Crippen molar-refractivity contribution in [2.24, 2.45) is 0 Å². The topological polar surface area (TPSA) is 56.3 Å². The molecule has 3 aliphatic heterocycles. The Morgan fingerprint density at radius 1 is 1.03 bits per heavy atom. The highest BCUT2D eigenvalue weighted by Crippen LogP contribution is 2.29. The number of methoxy groups -OCH3 is 1. The van der Waals surface area contributed by atoms with Gasteiger partial charge in [-0.2, -0.15) is 0 Å². The van der Waals surface area contributed by atoms with Crippen LogP contribution >= 0.6 is 0 Å². The Morgan fingerprint density at radius 2 is 1.83 bits per heavy atom. The quantitative estimate of drug-likeness (QED) is 0.736. The Hall–Kier alpha value is -2.28. The van der Waals surface area contributed by atoms with Gasteiger partial charge in [-0.3, -0.25) is 14.5 Å². The lowest BCUT2D eigenvalue weighted by Crippen LogP contribution is -2.57. The van der Waals surface area contributed by atoms with Gasteiger partial charge in [-0.05, 0) is 37.8 Å². The van der Waals surface area contributed by atoms with E-state index in [0.29, 0.717) is 12.5 Å². The maximum Gasteiger partial charge on any atom is 0.242 e. The molecule has 1 aromatic carbocycles. The summed E-state index contributed by atoms with van der Waals surface area (Å²) in [5, 5.41) is 0. The number of carbonyl (C=O) groups is 2. The van der Waals surface area contributed by atoms with Gasteiger partial charge in [-0.15, -0.1) is 0 Å². The highest BCUT2D eigenvalue weighted by Gasteiger charge is 2.31. The zero-order valence-corrected chi connectivity index (χ0v) is 18.1. The summed E-state index contributed by atoms with van der Waals surface area (Å²) in [5.74, 6) is 1.17. The fraction of sp³-hybridized carbons (Fsp3) is 0.652. The van der Waals surface area contributed by atoms with Crippen LogP contribution < -0.4 is 9.64 Å². The third-order valence-electron chi connectivity index (χ3n) is 6.75. The highest BCUT2D eigenvalue weighted by atomic mass is 16.5. The number of amides is 2. The molecule has 3 saturated heterocycles. The van der Waals surface area contributed by atoms with E-state index in [-0.39, 0.29) is 18.4 Å². The molecule has 0 radical (unpaired) electrons. The lowest BCUT2D eigenvalue weighted by Gasteiger charge is -2.44. The van der Waals surface area contributed by atoms with E-state index >= 15 is 0 Å².